The Kier molecular flexibility index (Phi) is 3.88. The number of benzene rings is 1. The van der Waals surface area contributed by atoms with Crippen molar-refractivity contribution in [3.8, 4) is 5.75 Å². The Balaban J connectivity index is 0.00000200. The monoisotopic (exact) mass is 263 g/mol. The average Bonchev–Trinajstić information content (AvgIpc) is 2.38. The molecule has 104 valence electrons. The summed E-state index contributed by atoms with van der Waals surface area (Å²) in [7, 11) is 1.61. The van der Waals surface area contributed by atoms with Crippen molar-refractivity contribution in [2.75, 3.05) is 7.11 Å². The van der Waals surface area contributed by atoms with Gasteiger partial charge in [-0.2, -0.15) is 0 Å². The number of nitrogens with one attached hydrogen (secondary N) is 1. The van der Waals surface area contributed by atoms with E-state index >= 15 is 0 Å². The molecule has 1 aliphatic heterocycles. The van der Waals surface area contributed by atoms with Crippen molar-refractivity contribution in [3.05, 3.63) is 29.3 Å². The van der Waals surface area contributed by atoms with Crippen molar-refractivity contribution in [2.45, 2.75) is 38.5 Å². The van der Waals surface area contributed by atoms with Crippen molar-refractivity contribution in [1.29, 1.82) is 0 Å². The highest BCUT2D eigenvalue weighted by molar-refractivity contribution is 6.01. The number of ether oxygens (including phenoxy) is 1. The molecule has 0 radical (unpaired) electrons. The first kappa shape index (κ1) is 13.6. The van der Waals surface area contributed by atoms with Gasteiger partial charge >= 0.3 is 0 Å². The molecule has 1 unspecified atom stereocenters. The number of methoxy groups -OCH3 is 1. The molecule has 0 aliphatic carbocycles. The summed E-state index contributed by atoms with van der Waals surface area (Å²) in [5.74, 6) is 0.408. The zero-order valence-corrected chi connectivity index (χ0v) is 11.5. The molecule has 19 heavy (non-hydrogen) atoms. The molecule has 0 saturated carbocycles. The predicted molar refractivity (Wildman–Crippen MR) is 74.3 cm³/mol. The van der Waals surface area contributed by atoms with Crippen LogP contribution in [0, 0.1) is 0 Å². The fraction of sp³-hybridized carbons (Fsp3) is 0.467. The number of carbonyl (C=O) groups is 2. The van der Waals surface area contributed by atoms with Gasteiger partial charge in [0.2, 0.25) is 11.8 Å². The fourth-order valence-electron chi connectivity index (χ4n) is 2.37. The highest BCUT2D eigenvalue weighted by Crippen LogP contribution is 2.34. The molecule has 1 heterocycles. The third-order valence-electron chi connectivity index (χ3n) is 3.54. The summed E-state index contributed by atoms with van der Waals surface area (Å²) in [6.45, 7) is 4.22. The summed E-state index contributed by atoms with van der Waals surface area (Å²) in [6.07, 6.45) is 0.924. The summed E-state index contributed by atoms with van der Waals surface area (Å²) >= 11 is 0. The normalized spacial score (nSPS) is 19.5. The molecule has 1 aromatic carbocycles. The quantitative estimate of drug-likeness (QED) is 0.853. The molecule has 1 N–H and O–H groups in total. The Labute approximate surface area is 114 Å². The lowest BCUT2D eigenvalue weighted by Gasteiger charge is -2.23. The number of amides is 2. The number of carbonyl (C=O) groups excluding carboxylic acids is 2. The van der Waals surface area contributed by atoms with Crippen LogP contribution in [0.15, 0.2) is 18.2 Å². The smallest absolute Gasteiger partial charge is 0.234 e. The maximum atomic E-state index is 11.9. The van der Waals surface area contributed by atoms with Gasteiger partial charge in [-0.05, 0) is 24.0 Å². The molecule has 1 aromatic rings. The van der Waals surface area contributed by atoms with Crippen molar-refractivity contribution in [3.63, 3.8) is 0 Å². The van der Waals surface area contributed by atoms with Crippen molar-refractivity contribution < 1.29 is 15.8 Å². The minimum absolute atomic E-state index is 0. The first-order valence-electron chi connectivity index (χ1n) is 6.54. The maximum absolute atomic E-state index is 11.9. The largest absolute Gasteiger partial charge is 0.496 e. The van der Waals surface area contributed by atoms with Crippen LogP contribution in [-0.2, 0) is 9.59 Å². The van der Waals surface area contributed by atoms with Gasteiger partial charge in [0.05, 0.1) is 13.0 Å². The second-order valence-corrected chi connectivity index (χ2v) is 5.16. The minimum Gasteiger partial charge on any atom is -0.496 e. The molecule has 0 bridgehead atoms. The second-order valence-electron chi connectivity index (χ2n) is 5.16. The van der Waals surface area contributed by atoms with Crippen LogP contribution in [0.3, 0.4) is 0 Å². The van der Waals surface area contributed by atoms with E-state index in [-0.39, 0.29) is 19.2 Å². The third kappa shape index (κ3) is 2.78. The molecule has 4 heteroatoms. The Hall–Kier alpha value is -1.84. The highest BCUT2D eigenvalue weighted by atomic mass is 16.5. The summed E-state index contributed by atoms with van der Waals surface area (Å²) in [5, 5.41) is 2.38. The van der Waals surface area contributed by atoms with E-state index in [4.69, 9.17) is 4.74 Å². The van der Waals surface area contributed by atoms with Crippen molar-refractivity contribution in [2.24, 2.45) is 0 Å². The first-order chi connectivity index (χ1) is 9.02. The second kappa shape index (κ2) is 5.43. The van der Waals surface area contributed by atoms with E-state index in [0.29, 0.717) is 18.8 Å². The summed E-state index contributed by atoms with van der Waals surface area (Å²) < 4.78 is 5.40. The van der Waals surface area contributed by atoms with Crippen LogP contribution in [0.4, 0.5) is 0 Å². The number of rotatable bonds is 3. The van der Waals surface area contributed by atoms with Crippen LogP contribution in [0.5, 0.6) is 5.75 Å². The van der Waals surface area contributed by atoms with E-state index < -0.39 is 0 Å². The van der Waals surface area contributed by atoms with Crippen LogP contribution >= 0.6 is 0 Å². The molecular formula is C15H21NO3. The van der Waals surface area contributed by atoms with Crippen LogP contribution in [0.1, 0.15) is 51.1 Å². The van der Waals surface area contributed by atoms with Gasteiger partial charge in [0.1, 0.15) is 5.75 Å². The Bertz CT molecular complexity index is 514. The number of piperidine rings is 1. The van der Waals surface area contributed by atoms with E-state index in [1.807, 2.05) is 18.2 Å². The molecule has 0 spiro atoms. The topological polar surface area (TPSA) is 55.4 Å². The van der Waals surface area contributed by atoms with Crippen LogP contribution < -0.4 is 10.1 Å². The third-order valence-corrected chi connectivity index (χ3v) is 3.54. The van der Waals surface area contributed by atoms with Crippen LogP contribution in [-0.4, -0.2) is 18.9 Å². The Morgan fingerprint density at radius 2 is 2.11 bits per heavy atom. The SMILES string of the molecule is COc1cc(C(C)C)ccc1C1CCC(=O)NC1=O.[HH]. The number of hydrogen-bond donors (Lipinski definition) is 1. The average molecular weight is 263 g/mol. The molecule has 1 fully saturated rings. The molecule has 0 aromatic heterocycles. The lowest BCUT2D eigenvalue weighted by Crippen LogP contribution is -2.39. The van der Waals surface area contributed by atoms with Crippen LogP contribution in [0.25, 0.3) is 0 Å². The van der Waals surface area contributed by atoms with E-state index in [0.717, 1.165) is 11.3 Å². The van der Waals surface area contributed by atoms with Crippen molar-refractivity contribution >= 4 is 11.8 Å². The zero-order valence-electron chi connectivity index (χ0n) is 11.5. The number of hydrogen-bond acceptors (Lipinski definition) is 3. The van der Waals surface area contributed by atoms with E-state index in [1.165, 1.54) is 5.56 Å². The van der Waals surface area contributed by atoms with Gasteiger partial charge in [-0.1, -0.05) is 26.0 Å². The summed E-state index contributed by atoms with van der Waals surface area (Å²) in [4.78, 5) is 23.1. The van der Waals surface area contributed by atoms with E-state index in [2.05, 4.69) is 19.2 Å². The maximum Gasteiger partial charge on any atom is 0.234 e. The Morgan fingerprint density at radius 3 is 2.68 bits per heavy atom. The molecule has 4 nitrogen and oxygen atoms in total. The minimum atomic E-state index is -0.297. The van der Waals surface area contributed by atoms with E-state index in [9.17, 15) is 9.59 Å². The van der Waals surface area contributed by atoms with Crippen molar-refractivity contribution in [1.82, 2.24) is 5.32 Å². The summed E-state index contributed by atoms with van der Waals surface area (Å²) in [5.41, 5.74) is 2.03. The molecule has 2 amide bonds. The highest BCUT2D eigenvalue weighted by Gasteiger charge is 2.30. The van der Waals surface area contributed by atoms with Gasteiger partial charge in [-0.15, -0.1) is 0 Å². The molecule has 1 atom stereocenters. The van der Waals surface area contributed by atoms with Gasteiger partial charge in [-0.25, -0.2) is 0 Å². The lowest BCUT2D eigenvalue weighted by atomic mass is 9.88. The first-order valence-corrected chi connectivity index (χ1v) is 6.54. The zero-order chi connectivity index (χ0) is 14.0. The molecule has 1 aliphatic rings. The molecular weight excluding hydrogens is 242 g/mol. The van der Waals surface area contributed by atoms with Gasteiger partial charge in [0.25, 0.3) is 0 Å². The predicted octanol–water partition coefficient (Wildman–Crippen LogP) is 2.58. The van der Waals surface area contributed by atoms with Gasteiger partial charge in [0, 0.05) is 13.4 Å². The van der Waals surface area contributed by atoms with Crippen LogP contribution in [0.2, 0.25) is 0 Å². The molecule has 2 rings (SSSR count). The van der Waals surface area contributed by atoms with Gasteiger partial charge < -0.3 is 4.74 Å². The van der Waals surface area contributed by atoms with Gasteiger partial charge in [-0.3, -0.25) is 14.9 Å². The van der Waals surface area contributed by atoms with Gasteiger partial charge in [0.15, 0.2) is 0 Å². The van der Waals surface area contributed by atoms with E-state index in [1.54, 1.807) is 7.11 Å². The lowest BCUT2D eigenvalue weighted by molar-refractivity contribution is -0.134. The fourth-order valence-corrected chi connectivity index (χ4v) is 2.37. The Morgan fingerprint density at radius 1 is 1.37 bits per heavy atom. The standard InChI is InChI=1S/C15H19NO3.H2/c1-9(2)10-4-5-11(13(8-10)19-3)12-6-7-14(17)16-15(12)18;/h4-5,8-9,12H,6-7H2,1-3H3,(H,16,17,18);1H. The molecule has 1 saturated heterocycles. The summed E-state index contributed by atoms with van der Waals surface area (Å²) in [6, 6.07) is 5.93. The number of imide groups is 1.